The highest BCUT2D eigenvalue weighted by atomic mass is 19.1. The maximum atomic E-state index is 13.9. The molecule has 0 radical (unpaired) electrons. The van der Waals surface area contributed by atoms with Gasteiger partial charge in [0.25, 0.3) is 0 Å². The van der Waals surface area contributed by atoms with Crippen LogP contribution in [0, 0.1) is 12.7 Å². The Morgan fingerprint density at radius 1 is 1.05 bits per heavy atom. The van der Waals surface area contributed by atoms with Crippen LogP contribution in [0.5, 0.6) is 5.75 Å². The summed E-state index contributed by atoms with van der Waals surface area (Å²) in [6, 6.07) is 13.7. The second kappa shape index (κ2) is 7.23. The molecule has 0 aromatic heterocycles. The van der Waals surface area contributed by atoms with Gasteiger partial charge in [-0.2, -0.15) is 0 Å². The van der Waals surface area contributed by atoms with E-state index in [1.54, 1.807) is 25.1 Å². The summed E-state index contributed by atoms with van der Waals surface area (Å²) in [4.78, 5) is 0. The van der Waals surface area contributed by atoms with Crippen LogP contribution < -0.4 is 10.1 Å². The van der Waals surface area contributed by atoms with Gasteiger partial charge in [0.05, 0.1) is 0 Å². The summed E-state index contributed by atoms with van der Waals surface area (Å²) in [5, 5.41) is 3.39. The molecular weight excluding hydrogens is 265 g/mol. The molecule has 0 unspecified atom stereocenters. The Labute approximate surface area is 126 Å². The fraction of sp³-hybridized carbons (Fsp3) is 0.333. The van der Waals surface area contributed by atoms with E-state index in [9.17, 15) is 4.39 Å². The molecule has 2 rings (SSSR count). The van der Waals surface area contributed by atoms with Gasteiger partial charge in [-0.1, -0.05) is 50.2 Å². The Morgan fingerprint density at radius 3 is 2.48 bits per heavy atom. The average molecular weight is 287 g/mol. The number of nitrogens with one attached hydrogen (secondary N) is 1. The van der Waals surface area contributed by atoms with Gasteiger partial charge in [0.1, 0.15) is 6.61 Å². The summed E-state index contributed by atoms with van der Waals surface area (Å²) < 4.78 is 19.6. The Kier molecular flexibility index (Phi) is 5.34. The number of aryl methyl sites for hydroxylation is 1. The molecule has 0 aliphatic heterocycles. The number of halogens is 1. The minimum absolute atomic E-state index is 0.282. The first-order valence-electron chi connectivity index (χ1n) is 7.26. The summed E-state index contributed by atoms with van der Waals surface area (Å²) in [6.45, 7) is 7.12. The zero-order valence-corrected chi connectivity index (χ0v) is 12.8. The fourth-order valence-corrected chi connectivity index (χ4v) is 2.07. The van der Waals surface area contributed by atoms with Gasteiger partial charge in [0.2, 0.25) is 0 Å². The third kappa shape index (κ3) is 4.30. The predicted molar refractivity (Wildman–Crippen MR) is 83.9 cm³/mol. The van der Waals surface area contributed by atoms with Crippen LogP contribution in [0.2, 0.25) is 0 Å². The van der Waals surface area contributed by atoms with E-state index in [1.165, 1.54) is 5.56 Å². The topological polar surface area (TPSA) is 21.3 Å². The van der Waals surface area contributed by atoms with Crippen LogP contribution in [0.15, 0.2) is 42.5 Å². The van der Waals surface area contributed by atoms with Crippen molar-refractivity contribution in [1.82, 2.24) is 5.32 Å². The molecule has 1 N–H and O–H groups in total. The Bertz CT molecular complexity index is 596. The van der Waals surface area contributed by atoms with Gasteiger partial charge >= 0.3 is 0 Å². The zero-order chi connectivity index (χ0) is 15.2. The van der Waals surface area contributed by atoms with E-state index in [-0.39, 0.29) is 5.82 Å². The normalized spacial score (nSPS) is 10.9. The Morgan fingerprint density at radius 2 is 1.76 bits per heavy atom. The van der Waals surface area contributed by atoms with Gasteiger partial charge in [-0.3, -0.25) is 0 Å². The number of ether oxygens (including phenoxy) is 1. The predicted octanol–water partition coefficient (Wildman–Crippen LogP) is 4.21. The number of hydrogen-bond acceptors (Lipinski definition) is 2. The molecule has 0 amide bonds. The maximum Gasteiger partial charge on any atom is 0.167 e. The summed E-state index contributed by atoms with van der Waals surface area (Å²) >= 11 is 0. The smallest absolute Gasteiger partial charge is 0.167 e. The van der Waals surface area contributed by atoms with E-state index >= 15 is 0 Å². The standard InChI is InChI=1S/C18H22FNO/c1-13(2)20-11-15-8-4-5-9-16(15)12-21-17-10-6-7-14(3)18(17)19/h4-10,13,20H,11-12H2,1-3H3. The van der Waals surface area contributed by atoms with Gasteiger partial charge in [-0.25, -0.2) is 4.39 Å². The quantitative estimate of drug-likeness (QED) is 0.859. The van der Waals surface area contributed by atoms with E-state index in [0.29, 0.717) is 24.0 Å². The van der Waals surface area contributed by atoms with E-state index < -0.39 is 0 Å². The van der Waals surface area contributed by atoms with Gasteiger partial charge in [-0.05, 0) is 29.7 Å². The molecule has 0 saturated carbocycles. The van der Waals surface area contributed by atoms with Crippen molar-refractivity contribution in [3.63, 3.8) is 0 Å². The van der Waals surface area contributed by atoms with Crippen molar-refractivity contribution >= 4 is 0 Å². The fourth-order valence-electron chi connectivity index (χ4n) is 2.07. The monoisotopic (exact) mass is 287 g/mol. The van der Waals surface area contributed by atoms with Crippen molar-refractivity contribution in [2.45, 2.75) is 40.0 Å². The molecule has 0 spiro atoms. The average Bonchev–Trinajstić information content (AvgIpc) is 2.47. The lowest BCUT2D eigenvalue weighted by molar-refractivity contribution is 0.288. The SMILES string of the molecule is Cc1cccc(OCc2ccccc2CNC(C)C)c1F. The van der Waals surface area contributed by atoms with E-state index in [4.69, 9.17) is 4.74 Å². The van der Waals surface area contributed by atoms with Crippen molar-refractivity contribution in [2.24, 2.45) is 0 Å². The summed E-state index contributed by atoms with van der Waals surface area (Å²) in [5.41, 5.74) is 2.85. The molecule has 0 atom stereocenters. The van der Waals surface area contributed by atoms with Crippen LogP contribution in [-0.4, -0.2) is 6.04 Å². The molecule has 3 heteroatoms. The third-order valence-electron chi connectivity index (χ3n) is 3.36. The van der Waals surface area contributed by atoms with Gasteiger partial charge in [0.15, 0.2) is 11.6 Å². The van der Waals surface area contributed by atoms with Crippen molar-refractivity contribution in [3.8, 4) is 5.75 Å². The lowest BCUT2D eigenvalue weighted by atomic mass is 10.1. The minimum atomic E-state index is -0.282. The van der Waals surface area contributed by atoms with Crippen LogP contribution in [0.3, 0.4) is 0 Å². The van der Waals surface area contributed by atoms with Crippen molar-refractivity contribution in [2.75, 3.05) is 0 Å². The molecule has 21 heavy (non-hydrogen) atoms. The zero-order valence-electron chi connectivity index (χ0n) is 12.8. The first-order chi connectivity index (χ1) is 10.1. The maximum absolute atomic E-state index is 13.9. The third-order valence-corrected chi connectivity index (χ3v) is 3.36. The second-order valence-electron chi connectivity index (χ2n) is 5.48. The number of benzene rings is 2. The molecule has 2 aromatic carbocycles. The molecule has 0 bridgehead atoms. The number of rotatable bonds is 6. The summed E-state index contributed by atoms with van der Waals surface area (Å²) in [5.74, 6) is 0.0249. The first kappa shape index (κ1) is 15.5. The second-order valence-corrected chi connectivity index (χ2v) is 5.48. The summed E-state index contributed by atoms with van der Waals surface area (Å²) in [6.07, 6.45) is 0. The molecule has 0 fully saturated rings. The van der Waals surface area contributed by atoms with Gasteiger partial charge in [-0.15, -0.1) is 0 Å². The van der Waals surface area contributed by atoms with E-state index in [1.807, 2.05) is 18.2 Å². The lowest BCUT2D eigenvalue weighted by Crippen LogP contribution is -2.22. The molecule has 112 valence electrons. The Hall–Kier alpha value is -1.87. The van der Waals surface area contributed by atoms with Crippen LogP contribution in [-0.2, 0) is 13.2 Å². The van der Waals surface area contributed by atoms with Crippen molar-refractivity contribution in [1.29, 1.82) is 0 Å². The summed E-state index contributed by atoms with van der Waals surface area (Å²) in [7, 11) is 0. The Balaban J connectivity index is 2.07. The van der Waals surface area contributed by atoms with Gasteiger partial charge < -0.3 is 10.1 Å². The van der Waals surface area contributed by atoms with Crippen LogP contribution in [0.1, 0.15) is 30.5 Å². The van der Waals surface area contributed by atoms with Crippen molar-refractivity contribution < 1.29 is 9.13 Å². The molecular formula is C18H22FNO. The largest absolute Gasteiger partial charge is 0.486 e. The van der Waals surface area contributed by atoms with E-state index in [0.717, 1.165) is 12.1 Å². The molecule has 2 nitrogen and oxygen atoms in total. The molecule has 0 heterocycles. The van der Waals surface area contributed by atoms with Crippen LogP contribution in [0.25, 0.3) is 0 Å². The van der Waals surface area contributed by atoms with Crippen LogP contribution >= 0.6 is 0 Å². The highest BCUT2D eigenvalue weighted by Crippen LogP contribution is 2.21. The van der Waals surface area contributed by atoms with Crippen molar-refractivity contribution in [3.05, 3.63) is 65.0 Å². The minimum Gasteiger partial charge on any atom is -0.486 e. The molecule has 0 aliphatic carbocycles. The number of hydrogen-bond donors (Lipinski definition) is 1. The highest BCUT2D eigenvalue weighted by molar-refractivity contribution is 5.31. The van der Waals surface area contributed by atoms with E-state index in [2.05, 4.69) is 25.2 Å². The van der Waals surface area contributed by atoms with Gasteiger partial charge in [0, 0.05) is 12.6 Å². The highest BCUT2D eigenvalue weighted by Gasteiger charge is 2.08. The lowest BCUT2D eigenvalue weighted by Gasteiger charge is -2.14. The first-order valence-corrected chi connectivity index (χ1v) is 7.26. The molecule has 0 aliphatic rings. The molecule has 2 aromatic rings. The molecule has 0 saturated heterocycles. The van der Waals surface area contributed by atoms with Crippen LogP contribution in [0.4, 0.5) is 4.39 Å².